The number of unbranched alkanes of at least 4 members (excludes halogenated alkanes) is 5. The predicted molar refractivity (Wildman–Crippen MR) is 81.0 cm³/mol. The lowest BCUT2D eigenvalue weighted by Gasteiger charge is -2.14. The normalized spacial score (nSPS) is 12.1. The minimum Gasteiger partial charge on any atom is -0.370 e. The summed E-state index contributed by atoms with van der Waals surface area (Å²) in [4.78, 5) is 6.57. The summed E-state index contributed by atoms with van der Waals surface area (Å²) in [5.41, 5.74) is 5.78. The second kappa shape index (κ2) is 12.7. The van der Waals surface area contributed by atoms with Gasteiger partial charge in [-0.3, -0.25) is 4.99 Å². The Labute approximate surface area is 113 Å². The number of nitrogens with zero attached hydrogens (tertiary/aromatic N) is 2. The van der Waals surface area contributed by atoms with Gasteiger partial charge in [-0.15, -0.1) is 0 Å². The van der Waals surface area contributed by atoms with Gasteiger partial charge in [-0.05, 0) is 20.0 Å². The highest BCUT2D eigenvalue weighted by molar-refractivity contribution is 5.77. The highest BCUT2D eigenvalue weighted by atomic mass is 15.1. The maximum Gasteiger partial charge on any atom is 0.188 e. The number of nitrogens with one attached hydrogen (secondary N) is 1. The summed E-state index contributed by atoms with van der Waals surface area (Å²) in [5, 5.41) is 3.15. The maximum absolute atomic E-state index is 5.78. The lowest BCUT2D eigenvalue weighted by Crippen LogP contribution is -2.37. The number of guanidine groups is 1. The van der Waals surface area contributed by atoms with Gasteiger partial charge < -0.3 is 16.0 Å². The van der Waals surface area contributed by atoms with E-state index in [4.69, 9.17) is 5.73 Å². The number of rotatable bonds is 11. The van der Waals surface area contributed by atoms with Gasteiger partial charge in [0.15, 0.2) is 5.96 Å². The molecule has 0 aliphatic carbocycles. The summed E-state index contributed by atoms with van der Waals surface area (Å²) in [5.74, 6) is 0.591. The zero-order valence-electron chi connectivity index (χ0n) is 12.5. The summed E-state index contributed by atoms with van der Waals surface area (Å²) >= 11 is 0. The third kappa shape index (κ3) is 11.7. The van der Waals surface area contributed by atoms with E-state index in [-0.39, 0.29) is 0 Å². The van der Waals surface area contributed by atoms with E-state index in [0.717, 1.165) is 32.6 Å². The van der Waals surface area contributed by atoms with Gasteiger partial charge in [0.05, 0.1) is 0 Å². The van der Waals surface area contributed by atoms with Gasteiger partial charge in [-0.2, -0.15) is 0 Å². The molecule has 18 heavy (non-hydrogen) atoms. The van der Waals surface area contributed by atoms with E-state index in [1.807, 2.05) is 0 Å². The molecule has 0 bridgehead atoms. The zero-order chi connectivity index (χ0) is 13.6. The number of hydrogen-bond donors (Lipinski definition) is 2. The second-order valence-electron chi connectivity index (χ2n) is 4.86. The number of aliphatic imine (C=N–C) groups is 1. The Kier molecular flexibility index (Phi) is 12.1. The fourth-order valence-electron chi connectivity index (χ4n) is 1.68. The fraction of sp³-hybridized carbons (Fsp3) is 0.929. The summed E-state index contributed by atoms with van der Waals surface area (Å²) in [7, 11) is 2.10. The van der Waals surface area contributed by atoms with Crippen LogP contribution in [-0.4, -0.2) is 44.1 Å². The molecule has 0 radical (unpaired) electrons. The molecule has 0 fully saturated rings. The van der Waals surface area contributed by atoms with Crippen LogP contribution in [-0.2, 0) is 0 Å². The molecule has 0 heterocycles. The Balaban J connectivity index is 3.36. The van der Waals surface area contributed by atoms with E-state index < -0.39 is 0 Å². The molecule has 0 aliphatic rings. The molecule has 3 N–H and O–H groups in total. The van der Waals surface area contributed by atoms with E-state index in [1.165, 1.54) is 32.1 Å². The highest BCUT2D eigenvalue weighted by Gasteiger charge is 1.95. The molecule has 0 saturated heterocycles. The van der Waals surface area contributed by atoms with Gasteiger partial charge in [-0.1, -0.05) is 46.0 Å². The van der Waals surface area contributed by atoms with Crippen LogP contribution >= 0.6 is 0 Å². The quantitative estimate of drug-likeness (QED) is 0.338. The first-order chi connectivity index (χ1) is 8.70. The van der Waals surface area contributed by atoms with Gasteiger partial charge in [-0.25, -0.2) is 0 Å². The summed E-state index contributed by atoms with van der Waals surface area (Å²) in [6.07, 6.45) is 7.78. The molecular weight excluding hydrogens is 224 g/mol. The average Bonchev–Trinajstić information content (AvgIpc) is 2.37. The van der Waals surface area contributed by atoms with Gasteiger partial charge in [0.1, 0.15) is 0 Å². The number of hydrogen-bond acceptors (Lipinski definition) is 2. The number of likely N-dealkylation sites (N-methyl/N-ethyl adjacent to an activating group) is 1. The van der Waals surface area contributed by atoms with E-state index in [9.17, 15) is 0 Å². The molecule has 0 amide bonds. The molecule has 0 saturated carbocycles. The van der Waals surface area contributed by atoms with Crippen molar-refractivity contribution >= 4 is 5.96 Å². The van der Waals surface area contributed by atoms with Crippen LogP contribution in [0, 0.1) is 0 Å². The summed E-state index contributed by atoms with van der Waals surface area (Å²) < 4.78 is 0. The first-order valence-electron chi connectivity index (χ1n) is 7.43. The van der Waals surface area contributed by atoms with Crippen LogP contribution < -0.4 is 11.1 Å². The lowest BCUT2D eigenvalue weighted by atomic mass is 10.1. The molecule has 4 heteroatoms. The van der Waals surface area contributed by atoms with Crippen molar-refractivity contribution in [1.29, 1.82) is 0 Å². The summed E-state index contributed by atoms with van der Waals surface area (Å²) in [6, 6.07) is 0. The largest absolute Gasteiger partial charge is 0.370 e. The van der Waals surface area contributed by atoms with Crippen molar-refractivity contribution < 1.29 is 0 Å². The SMILES string of the molecule is CCCCCCCCN=C(N)NCCN(C)CC. The molecule has 0 atom stereocenters. The van der Waals surface area contributed by atoms with Crippen LogP contribution in [0.25, 0.3) is 0 Å². The average molecular weight is 256 g/mol. The Morgan fingerprint density at radius 1 is 1.11 bits per heavy atom. The molecule has 0 unspecified atom stereocenters. The van der Waals surface area contributed by atoms with Crippen LogP contribution in [0.3, 0.4) is 0 Å². The fourth-order valence-corrected chi connectivity index (χ4v) is 1.68. The van der Waals surface area contributed by atoms with Crippen LogP contribution in [0.5, 0.6) is 0 Å². The second-order valence-corrected chi connectivity index (χ2v) is 4.86. The minimum atomic E-state index is 0.591. The third-order valence-corrected chi connectivity index (χ3v) is 3.13. The van der Waals surface area contributed by atoms with Crippen molar-refractivity contribution in [3.8, 4) is 0 Å². The molecule has 0 aliphatic heterocycles. The molecule has 0 aromatic rings. The Bertz CT molecular complexity index is 204. The zero-order valence-corrected chi connectivity index (χ0v) is 12.5. The van der Waals surface area contributed by atoms with Gasteiger partial charge in [0, 0.05) is 19.6 Å². The van der Waals surface area contributed by atoms with Crippen LogP contribution in [0.2, 0.25) is 0 Å². The van der Waals surface area contributed by atoms with Gasteiger partial charge in [0.2, 0.25) is 0 Å². The maximum atomic E-state index is 5.78. The van der Waals surface area contributed by atoms with E-state index in [2.05, 4.69) is 36.1 Å². The highest BCUT2D eigenvalue weighted by Crippen LogP contribution is 2.04. The first-order valence-corrected chi connectivity index (χ1v) is 7.43. The molecule has 0 aromatic carbocycles. The smallest absolute Gasteiger partial charge is 0.188 e. The van der Waals surface area contributed by atoms with Crippen LogP contribution in [0.4, 0.5) is 0 Å². The van der Waals surface area contributed by atoms with Gasteiger partial charge >= 0.3 is 0 Å². The van der Waals surface area contributed by atoms with Crippen molar-refractivity contribution in [1.82, 2.24) is 10.2 Å². The molecule has 0 rings (SSSR count). The Hall–Kier alpha value is -0.770. The third-order valence-electron chi connectivity index (χ3n) is 3.13. The molecule has 4 nitrogen and oxygen atoms in total. The first kappa shape index (κ1) is 17.2. The van der Waals surface area contributed by atoms with Crippen molar-refractivity contribution in [2.45, 2.75) is 52.4 Å². The Morgan fingerprint density at radius 2 is 1.78 bits per heavy atom. The topological polar surface area (TPSA) is 53.6 Å². The molecule has 0 aromatic heterocycles. The predicted octanol–water partition coefficient (Wildman–Crippen LogP) is 2.20. The van der Waals surface area contributed by atoms with E-state index in [1.54, 1.807) is 0 Å². The van der Waals surface area contributed by atoms with Crippen LogP contribution in [0.1, 0.15) is 52.4 Å². The monoisotopic (exact) mass is 256 g/mol. The minimum absolute atomic E-state index is 0.591. The standard InChI is InChI=1S/C14H32N4/c1-4-6-7-8-9-10-11-16-14(15)17-12-13-18(3)5-2/h4-13H2,1-3H3,(H3,15,16,17). The summed E-state index contributed by atoms with van der Waals surface area (Å²) in [6.45, 7) is 8.19. The van der Waals surface area contributed by atoms with Crippen molar-refractivity contribution in [2.75, 3.05) is 33.2 Å². The number of nitrogens with two attached hydrogens (primary N) is 1. The molecule has 0 spiro atoms. The van der Waals surface area contributed by atoms with Crippen molar-refractivity contribution in [2.24, 2.45) is 10.7 Å². The van der Waals surface area contributed by atoms with Crippen molar-refractivity contribution in [3.63, 3.8) is 0 Å². The molecular formula is C14H32N4. The van der Waals surface area contributed by atoms with Crippen molar-refractivity contribution in [3.05, 3.63) is 0 Å². The lowest BCUT2D eigenvalue weighted by molar-refractivity contribution is 0.357. The van der Waals surface area contributed by atoms with Gasteiger partial charge in [0.25, 0.3) is 0 Å². The van der Waals surface area contributed by atoms with E-state index in [0.29, 0.717) is 5.96 Å². The van der Waals surface area contributed by atoms with Crippen LogP contribution in [0.15, 0.2) is 4.99 Å². The van der Waals surface area contributed by atoms with E-state index >= 15 is 0 Å². The Morgan fingerprint density at radius 3 is 2.44 bits per heavy atom. The molecule has 108 valence electrons.